The molecule has 2 nitrogen and oxygen atoms in total. The number of pyridine rings is 2. The molecule has 0 radical (unpaired) electrons. The summed E-state index contributed by atoms with van der Waals surface area (Å²) in [5.41, 5.74) is 8.75. The Labute approximate surface area is 263 Å². The molecule has 7 aromatic rings. The van der Waals surface area contributed by atoms with Crippen molar-refractivity contribution in [3.63, 3.8) is 0 Å². The molecule has 2 heterocycles. The first-order valence-electron chi connectivity index (χ1n) is 13.3. The Morgan fingerprint density at radius 3 is 1.17 bits per heavy atom. The molecule has 0 aliphatic carbocycles. The summed E-state index contributed by atoms with van der Waals surface area (Å²) in [6.07, 6.45) is 0. The third-order valence-corrected chi connectivity index (χ3v) is 8.44. The smallest absolute Gasteiger partial charge is 0.0978 e. The van der Waals surface area contributed by atoms with Crippen LogP contribution < -0.4 is 0 Å². The number of halogens is 4. The lowest BCUT2D eigenvalue weighted by molar-refractivity contribution is 1.36. The van der Waals surface area contributed by atoms with Gasteiger partial charge in [0.25, 0.3) is 0 Å². The van der Waals surface area contributed by atoms with Gasteiger partial charge in [0.1, 0.15) is 0 Å². The second kappa shape index (κ2) is 11.1. The molecular formula is C36H20Cl4N2. The number of hydrogen-bond donors (Lipinski definition) is 0. The van der Waals surface area contributed by atoms with Crippen molar-refractivity contribution < 1.29 is 0 Å². The molecule has 0 spiro atoms. The van der Waals surface area contributed by atoms with Crippen LogP contribution >= 0.6 is 46.4 Å². The third-order valence-electron chi connectivity index (χ3n) is 7.34. The minimum absolute atomic E-state index is 0.564. The molecule has 0 saturated heterocycles. The fourth-order valence-corrected chi connectivity index (χ4v) is 6.37. The van der Waals surface area contributed by atoms with E-state index >= 15 is 0 Å². The van der Waals surface area contributed by atoms with E-state index in [0.29, 0.717) is 20.1 Å². The maximum Gasteiger partial charge on any atom is 0.0978 e. The molecule has 0 aliphatic rings. The van der Waals surface area contributed by atoms with E-state index < -0.39 is 0 Å². The maximum atomic E-state index is 6.78. The van der Waals surface area contributed by atoms with Crippen molar-refractivity contribution in [3.05, 3.63) is 141 Å². The van der Waals surface area contributed by atoms with E-state index in [1.54, 1.807) is 12.1 Å². The summed E-state index contributed by atoms with van der Waals surface area (Å²) in [5.74, 6) is 0. The first-order chi connectivity index (χ1) is 20.5. The van der Waals surface area contributed by atoms with Crippen LogP contribution in [0.4, 0.5) is 0 Å². The van der Waals surface area contributed by atoms with Gasteiger partial charge in [-0.2, -0.15) is 0 Å². The fraction of sp³-hybridized carbons (Fsp3) is 0. The molecule has 5 aromatic carbocycles. The second-order valence-electron chi connectivity index (χ2n) is 9.95. The van der Waals surface area contributed by atoms with E-state index in [1.807, 2.05) is 84.9 Å². The lowest BCUT2D eigenvalue weighted by Crippen LogP contribution is -1.96. The molecule has 0 fully saturated rings. The highest BCUT2D eigenvalue weighted by molar-refractivity contribution is 6.37. The Balaban J connectivity index is 1.63. The monoisotopic (exact) mass is 620 g/mol. The molecule has 0 saturated carbocycles. The summed E-state index contributed by atoms with van der Waals surface area (Å²) in [4.78, 5) is 10.5. The number of nitrogens with zero attached hydrogens (tertiary/aromatic N) is 2. The maximum absolute atomic E-state index is 6.78. The van der Waals surface area contributed by atoms with Crippen molar-refractivity contribution >= 4 is 68.2 Å². The van der Waals surface area contributed by atoms with Gasteiger partial charge < -0.3 is 0 Å². The summed E-state index contributed by atoms with van der Waals surface area (Å²) in [6, 6.07) is 39.7. The molecule has 7 rings (SSSR count). The topological polar surface area (TPSA) is 25.8 Å². The molecule has 0 atom stereocenters. The molecule has 2 aromatic heterocycles. The molecule has 0 aliphatic heterocycles. The van der Waals surface area contributed by atoms with Crippen molar-refractivity contribution in [1.29, 1.82) is 0 Å². The zero-order valence-corrected chi connectivity index (χ0v) is 25.0. The fourth-order valence-electron chi connectivity index (χ4n) is 5.35. The van der Waals surface area contributed by atoms with Crippen LogP contribution in [-0.2, 0) is 0 Å². The van der Waals surface area contributed by atoms with Crippen LogP contribution in [0.2, 0.25) is 20.1 Å². The highest BCUT2D eigenvalue weighted by atomic mass is 35.5. The van der Waals surface area contributed by atoms with Crippen molar-refractivity contribution in [3.8, 4) is 44.8 Å². The molecule has 0 N–H and O–H groups in total. The Bertz CT molecular complexity index is 1970. The van der Waals surface area contributed by atoms with Gasteiger partial charge in [-0.05, 0) is 47.5 Å². The number of benzene rings is 5. The van der Waals surface area contributed by atoms with Crippen molar-refractivity contribution in [1.82, 2.24) is 9.97 Å². The van der Waals surface area contributed by atoms with Crippen molar-refractivity contribution in [2.24, 2.45) is 0 Å². The lowest BCUT2D eigenvalue weighted by Gasteiger charge is -2.16. The minimum atomic E-state index is 0.564. The van der Waals surface area contributed by atoms with Crippen LogP contribution in [0, 0.1) is 0 Å². The Hall–Kier alpha value is -3.92. The molecule has 0 unspecified atom stereocenters. The van der Waals surface area contributed by atoms with Crippen LogP contribution in [0.5, 0.6) is 0 Å². The number of aromatic nitrogens is 2. The first kappa shape index (κ1) is 26.9. The summed E-state index contributed by atoms with van der Waals surface area (Å²) in [6.45, 7) is 0. The number of hydrogen-bond acceptors (Lipinski definition) is 2. The van der Waals surface area contributed by atoms with Gasteiger partial charge in [-0.25, -0.2) is 9.97 Å². The van der Waals surface area contributed by atoms with Crippen LogP contribution in [-0.4, -0.2) is 9.97 Å². The largest absolute Gasteiger partial charge is 0.245 e. The Morgan fingerprint density at radius 1 is 0.381 bits per heavy atom. The van der Waals surface area contributed by atoms with E-state index in [9.17, 15) is 0 Å². The predicted molar refractivity (Wildman–Crippen MR) is 179 cm³/mol. The SMILES string of the molecule is Clc1ccc(-c2cc(-c3ccccc3)nc3c2ccc2c(-c4ccc(Cl)cc4Cl)cc(-c4ccccc4)nc23)c(Cl)c1. The van der Waals surface area contributed by atoms with E-state index in [0.717, 1.165) is 66.6 Å². The Kier molecular flexibility index (Phi) is 7.09. The van der Waals surface area contributed by atoms with Gasteiger partial charge in [0.15, 0.2) is 0 Å². The molecule has 0 amide bonds. The lowest BCUT2D eigenvalue weighted by atomic mass is 9.93. The molecule has 42 heavy (non-hydrogen) atoms. The van der Waals surface area contributed by atoms with Gasteiger partial charge in [-0.1, -0.05) is 131 Å². The molecular weight excluding hydrogens is 602 g/mol. The van der Waals surface area contributed by atoms with Crippen LogP contribution in [0.3, 0.4) is 0 Å². The van der Waals surface area contributed by atoms with E-state index in [-0.39, 0.29) is 0 Å². The molecule has 0 bridgehead atoms. The average Bonchev–Trinajstić information content (AvgIpc) is 3.01. The number of fused-ring (bicyclic) bond motifs is 3. The van der Waals surface area contributed by atoms with E-state index in [1.165, 1.54) is 0 Å². The second-order valence-corrected chi connectivity index (χ2v) is 11.6. The third kappa shape index (κ3) is 4.91. The summed E-state index contributed by atoms with van der Waals surface area (Å²) in [5, 5.41) is 4.14. The quantitative estimate of drug-likeness (QED) is 0.183. The van der Waals surface area contributed by atoms with Crippen molar-refractivity contribution in [2.75, 3.05) is 0 Å². The summed E-state index contributed by atoms with van der Waals surface area (Å²) < 4.78 is 0. The Morgan fingerprint density at radius 2 is 0.786 bits per heavy atom. The van der Waals surface area contributed by atoms with Crippen LogP contribution in [0.1, 0.15) is 0 Å². The first-order valence-corrected chi connectivity index (χ1v) is 14.8. The van der Waals surface area contributed by atoms with Crippen molar-refractivity contribution in [2.45, 2.75) is 0 Å². The van der Waals surface area contributed by atoms with Gasteiger partial charge >= 0.3 is 0 Å². The van der Waals surface area contributed by atoms with E-state index in [4.69, 9.17) is 56.4 Å². The number of rotatable bonds is 4. The summed E-state index contributed by atoms with van der Waals surface area (Å²) in [7, 11) is 0. The van der Waals surface area contributed by atoms with E-state index in [2.05, 4.69) is 24.3 Å². The zero-order valence-electron chi connectivity index (χ0n) is 22.0. The highest BCUT2D eigenvalue weighted by Gasteiger charge is 2.19. The standard InChI is InChI=1S/C36H20Cl4N2/c37-23-11-13-25(31(39)17-23)29-19-33(21-7-3-1-4-8-21)41-35-27(29)15-16-28-30(26-14-12-24(38)18-32(26)40)20-34(42-36(28)35)22-9-5-2-6-10-22/h1-20H. The summed E-state index contributed by atoms with van der Waals surface area (Å²) >= 11 is 26.1. The zero-order chi connectivity index (χ0) is 28.8. The molecule has 6 heteroatoms. The van der Waals surface area contributed by atoms with Gasteiger partial charge in [-0.15, -0.1) is 0 Å². The van der Waals surface area contributed by atoms with Gasteiger partial charge in [-0.3, -0.25) is 0 Å². The van der Waals surface area contributed by atoms with Gasteiger partial charge in [0, 0.05) is 53.1 Å². The predicted octanol–water partition coefficient (Wildman–Crippen LogP) is 12.1. The van der Waals surface area contributed by atoms with Gasteiger partial charge in [0.2, 0.25) is 0 Å². The average molecular weight is 622 g/mol. The molecule has 202 valence electrons. The highest BCUT2D eigenvalue weighted by Crippen LogP contribution is 2.42. The normalized spacial score (nSPS) is 11.3. The van der Waals surface area contributed by atoms with Gasteiger partial charge in [0.05, 0.1) is 22.4 Å². The van der Waals surface area contributed by atoms with Crippen LogP contribution in [0.25, 0.3) is 66.6 Å². The minimum Gasteiger partial charge on any atom is -0.245 e. The van der Waals surface area contributed by atoms with Crippen LogP contribution in [0.15, 0.2) is 121 Å².